The zero-order valence-electron chi connectivity index (χ0n) is 16.5. The molecule has 148 valence electrons. The summed E-state index contributed by atoms with van der Waals surface area (Å²) in [7, 11) is 0. The van der Waals surface area contributed by atoms with Gasteiger partial charge in [-0.2, -0.15) is 0 Å². The Bertz CT molecular complexity index is 922. The van der Waals surface area contributed by atoms with Gasteiger partial charge in [-0.3, -0.25) is 4.79 Å². The predicted molar refractivity (Wildman–Crippen MR) is 109 cm³/mol. The minimum absolute atomic E-state index is 0.184. The van der Waals surface area contributed by atoms with Gasteiger partial charge in [-0.15, -0.1) is 0 Å². The van der Waals surface area contributed by atoms with Crippen LogP contribution >= 0.6 is 11.6 Å². The first-order valence-corrected chi connectivity index (χ1v) is 9.54. The number of amides is 2. The van der Waals surface area contributed by atoms with Crippen molar-refractivity contribution in [3.05, 3.63) is 57.9 Å². The SMILES string of the molecule is Cc1ccc(C(=O)Nc2ccc3c(c2)CCN(C(=O)OC(C)(C)C)C3)c(Cl)n1. The van der Waals surface area contributed by atoms with E-state index in [-0.39, 0.29) is 17.2 Å². The summed E-state index contributed by atoms with van der Waals surface area (Å²) in [6.45, 7) is 8.45. The van der Waals surface area contributed by atoms with E-state index < -0.39 is 5.60 Å². The molecule has 0 spiro atoms. The Morgan fingerprint density at radius 1 is 1.18 bits per heavy atom. The van der Waals surface area contributed by atoms with Crippen LogP contribution in [0.2, 0.25) is 5.15 Å². The molecule has 28 heavy (non-hydrogen) atoms. The summed E-state index contributed by atoms with van der Waals surface area (Å²) in [5.74, 6) is -0.302. The number of nitrogens with one attached hydrogen (secondary N) is 1. The molecule has 1 aliphatic rings. The average molecular weight is 402 g/mol. The molecule has 2 heterocycles. The normalized spacial score (nSPS) is 13.7. The first-order valence-electron chi connectivity index (χ1n) is 9.16. The number of ether oxygens (including phenoxy) is 1. The van der Waals surface area contributed by atoms with E-state index in [1.165, 1.54) is 0 Å². The van der Waals surface area contributed by atoms with Gasteiger partial charge in [0.1, 0.15) is 10.8 Å². The van der Waals surface area contributed by atoms with Crippen LogP contribution < -0.4 is 5.32 Å². The largest absolute Gasteiger partial charge is 0.444 e. The third-order valence-electron chi connectivity index (χ3n) is 4.36. The van der Waals surface area contributed by atoms with Crippen molar-refractivity contribution in [2.75, 3.05) is 11.9 Å². The molecule has 1 aromatic heterocycles. The van der Waals surface area contributed by atoms with Crippen molar-refractivity contribution in [3.63, 3.8) is 0 Å². The summed E-state index contributed by atoms with van der Waals surface area (Å²) in [6, 6.07) is 9.10. The van der Waals surface area contributed by atoms with Gasteiger partial charge in [-0.25, -0.2) is 9.78 Å². The van der Waals surface area contributed by atoms with Crippen molar-refractivity contribution in [2.45, 2.75) is 46.3 Å². The van der Waals surface area contributed by atoms with Gasteiger partial charge in [0.05, 0.1) is 5.56 Å². The van der Waals surface area contributed by atoms with Crippen molar-refractivity contribution in [2.24, 2.45) is 0 Å². The monoisotopic (exact) mass is 401 g/mol. The van der Waals surface area contributed by atoms with Gasteiger partial charge >= 0.3 is 6.09 Å². The molecule has 3 rings (SSSR count). The van der Waals surface area contributed by atoms with Crippen molar-refractivity contribution < 1.29 is 14.3 Å². The van der Waals surface area contributed by atoms with E-state index in [0.717, 1.165) is 16.8 Å². The molecule has 0 fully saturated rings. The van der Waals surface area contributed by atoms with Crippen molar-refractivity contribution in [3.8, 4) is 0 Å². The van der Waals surface area contributed by atoms with Gasteiger partial charge in [0, 0.05) is 24.5 Å². The molecule has 2 amide bonds. The lowest BCUT2D eigenvalue weighted by molar-refractivity contribution is 0.0224. The topological polar surface area (TPSA) is 71.5 Å². The third kappa shape index (κ3) is 4.81. The Morgan fingerprint density at radius 3 is 2.61 bits per heavy atom. The maximum absolute atomic E-state index is 12.5. The maximum Gasteiger partial charge on any atom is 0.410 e. The zero-order valence-corrected chi connectivity index (χ0v) is 17.3. The number of aryl methyl sites for hydroxylation is 1. The molecule has 2 aromatic rings. The molecule has 0 radical (unpaired) electrons. The fourth-order valence-corrected chi connectivity index (χ4v) is 3.29. The van der Waals surface area contributed by atoms with Crippen LogP contribution in [0.5, 0.6) is 0 Å². The summed E-state index contributed by atoms with van der Waals surface area (Å²) in [5, 5.41) is 3.05. The molecule has 0 aliphatic carbocycles. The van der Waals surface area contributed by atoms with Gasteiger partial charge < -0.3 is 15.0 Å². The standard InChI is InChI=1S/C21H24ClN3O3/c1-13-5-8-17(18(22)23-13)19(26)24-16-7-6-15-12-25(10-9-14(15)11-16)20(27)28-21(2,3)4/h5-8,11H,9-10,12H2,1-4H3,(H,24,26). The molecule has 1 N–H and O–H groups in total. The number of fused-ring (bicyclic) bond motifs is 1. The molecular weight excluding hydrogens is 378 g/mol. The van der Waals surface area contributed by atoms with E-state index in [2.05, 4.69) is 10.3 Å². The van der Waals surface area contributed by atoms with Gasteiger partial charge in [0.15, 0.2) is 0 Å². The highest BCUT2D eigenvalue weighted by Crippen LogP contribution is 2.25. The Balaban J connectivity index is 1.70. The first kappa shape index (κ1) is 20.1. The van der Waals surface area contributed by atoms with Crippen LogP contribution in [-0.4, -0.2) is 34.0 Å². The summed E-state index contributed by atoms with van der Waals surface area (Å²) in [4.78, 5) is 30.6. The van der Waals surface area contributed by atoms with Crippen molar-refractivity contribution in [1.82, 2.24) is 9.88 Å². The minimum Gasteiger partial charge on any atom is -0.444 e. The lowest BCUT2D eigenvalue weighted by Gasteiger charge is -2.31. The fraction of sp³-hybridized carbons (Fsp3) is 0.381. The van der Waals surface area contributed by atoms with Crippen LogP contribution in [0.4, 0.5) is 10.5 Å². The number of carbonyl (C=O) groups is 2. The van der Waals surface area contributed by atoms with Gasteiger partial charge in [-0.1, -0.05) is 17.7 Å². The molecule has 1 aromatic carbocycles. The van der Waals surface area contributed by atoms with E-state index in [9.17, 15) is 9.59 Å². The molecule has 0 saturated carbocycles. The van der Waals surface area contributed by atoms with E-state index in [4.69, 9.17) is 16.3 Å². The van der Waals surface area contributed by atoms with E-state index in [1.54, 1.807) is 17.0 Å². The predicted octanol–water partition coefficient (Wildman–Crippen LogP) is 4.59. The quantitative estimate of drug-likeness (QED) is 0.747. The average Bonchev–Trinajstić information content (AvgIpc) is 2.59. The Labute approximate surface area is 169 Å². The lowest BCUT2D eigenvalue weighted by atomic mass is 9.99. The molecule has 7 heteroatoms. The molecule has 0 unspecified atom stereocenters. The molecule has 0 atom stereocenters. The smallest absolute Gasteiger partial charge is 0.410 e. The number of carbonyl (C=O) groups excluding carboxylic acids is 2. The van der Waals surface area contributed by atoms with E-state index in [1.807, 2.05) is 45.9 Å². The van der Waals surface area contributed by atoms with Crippen LogP contribution in [0.3, 0.4) is 0 Å². The highest BCUT2D eigenvalue weighted by atomic mass is 35.5. The number of halogens is 1. The number of hydrogen-bond acceptors (Lipinski definition) is 4. The first-order chi connectivity index (χ1) is 13.1. The number of aromatic nitrogens is 1. The third-order valence-corrected chi connectivity index (χ3v) is 4.65. The fourth-order valence-electron chi connectivity index (χ4n) is 3.01. The zero-order chi connectivity index (χ0) is 20.5. The number of nitrogens with zero attached hydrogens (tertiary/aromatic N) is 2. The lowest BCUT2D eigenvalue weighted by Crippen LogP contribution is -2.39. The summed E-state index contributed by atoms with van der Waals surface area (Å²) in [6.07, 6.45) is 0.391. The number of pyridine rings is 1. The summed E-state index contributed by atoms with van der Waals surface area (Å²) >= 11 is 6.08. The molecule has 6 nitrogen and oxygen atoms in total. The van der Waals surface area contributed by atoms with Crippen LogP contribution in [0, 0.1) is 6.92 Å². The van der Waals surface area contributed by atoms with Gasteiger partial charge in [0.25, 0.3) is 5.91 Å². The van der Waals surface area contributed by atoms with Crippen LogP contribution in [0.1, 0.15) is 48.0 Å². The number of benzene rings is 1. The molecule has 0 saturated heterocycles. The van der Waals surface area contributed by atoms with Crippen molar-refractivity contribution >= 4 is 29.3 Å². The second kappa shape index (κ2) is 7.80. The molecule has 1 aliphatic heterocycles. The minimum atomic E-state index is -0.516. The van der Waals surface area contributed by atoms with Crippen LogP contribution in [-0.2, 0) is 17.7 Å². The van der Waals surface area contributed by atoms with Crippen LogP contribution in [0.15, 0.2) is 30.3 Å². The maximum atomic E-state index is 12.5. The number of hydrogen-bond donors (Lipinski definition) is 1. The summed E-state index contributed by atoms with van der Waals surface area (Å²) < 4.78 is 5.45. The molecular formula is C21H24ClN3O3. The van der Waals surface area contributed by atoms with E-state index in [0.29, 0.717) is 30.8 Å². The summed E-state index contributed by atoms with van der Waals surface area (Å²) in [5.41, 5.74) is 3.41. The Hall–Kier alpha value is -2.60. The Morgan fingerprint density at radius 2 is 1.93 bits per heavy atom. The van der Waals surface area contributed by atoms with Crippen molar-refractivity contribution in [1.29, 1.82) is 0 Å². The molecule has 0 bridgehead atoms. The highest BCUT2D eigenvalue weighted by molar-refractivity contribution is 6.33. The highest BCUT2D eigenvalue weighted by Gasteiger charge is 2.26. The Kier molecular flexibility index (Phi) is 5.61. The second-order valence-corrected chi connectivity index (χ2v) is 8.24. The second-order valence-electron chi connectivity index (χ2n) is 7.88. The number of rotatable bonds is 2. The number of anilines is 1. The van der Waals surface area contributed by atoms with Gasteiger partial charge in [-0.05, 0) is 69.5 Å². The van der Waals surface area contributed by atoms with Gasteiger partial charge in [0.2, 0.25) is 0 Å². The van der Waals surface area contributed by atoms with Crippen LogP contribution in [0.25, 0.3) is 0 Å². The van der Waals surface area contributed by atoms with E-state index >= 15 is 0 Å².